The highest BCUT2D eigenvalue weighted by Gasteiger charge is 2.00. The van der Waals surface area contributed by atoms with E-state index in [-0.39, 0.29) is 0 Å². The van der Waals surface area contributed by atoms with E-state index in [0.717, 1.165) is 10.9 Å². The van der Waals surface area contributed by atoms with Gasteiger partial charge in [-0.1, -0.05) is 11.8 Å². The Bertz CT molecular complexity index is 218. The van der Waals surface area contributed by atoms with Crippen LogP contribution < -0.4 is 0 Å². The van der Waals surface area contributed by atoms with E-state index in [4.69, 9.17) is 16.3 Å². The second kappa shape index (κ2) is 4.92. The third-order valence-corrected chi connectivity index (χ3v) is 2.63. The van der Waals surface area contributed by atoms with Gasteiger partial charge in [-0.15, -0.1) is 0 Å². The molecule has 0 unspecified atom stereocenters. The molecule has 0 aliphatic rings. The monoisotopic (exact) mass is 210 g/mol. The van der Waals surface area contributed by atoms with Crippen molar-refractivity contribution in [1.29, 1.82) is 0 Å². The number of ether oxygens (including phenoxy) is 1. The molecule has 1 aromatic rings. The maximum atomic E-state index is 5.57. The van der Waals surface area contributed by atoms with Crippen molar-refractivity contribution in [3.63, 3.8) is 0 Å². The normalized spacial score (nSPS) is 10.4. The molecule has 0 atom stereocenters. The first-order valence-electron chi connectivity index (χ1n) is 2.94. The van der Waals surface area contributed by atoms with Gasteiger partial charge in [0.2, 0.25) is 9.62 Å². The van der Waals surface area contributed by atoms with Crippen molar-refractivity contribution in [3.05, 3.63) is 4.47 Å². The maximum absolute atomic E-state index is 5.57. The van der Waals surface area contributed by atoms with Crippen LogP contribution in [0.2, 0.25) is 4.47 Å². The van der Waals surface area contributed by atoms with Crippen molar-refractivity contribution in [3.8, 4) is 0 Å². The Morgan fingerprint density at radius 3 is 3.09 bits per heavy atom. The van der Waals surface area contributed by atoms with Crippen LogP contribution in [0, 0.1) is 0 Å². The predicted molar refractivity (Wildman–Crippen MR) is 47.5 cm³/mol. The number of aromatic nitrogens is 2. The van der Waals surface area contributed by atoms with Crippen LogP contribution in [0.4, 0.5) is 0 Å². The molecule has 0 aliphatic carbocycles. The van der Waals surface area contributed by atoms with E-state index < -0.39 is 0 Å². The van der Waals surface area contributed by atoms with Crippen LogP contribution in [0.1, 0.15) is 0 Å². The Hall–Kier alpha value is 0.160. The average molecular weight is 211 g/mol. The third-order valence-electron chi connectivity index (χ3n) is 0.901. The lowest BCUT2D eigenvalue weighted by Crippen LogP contribution is -1.91. The zero-order valence-corrected chi connectivity index (χ0v) is 8.30. The quantitative estimate of drug-likeness (QED) is 0.562. The highest BCUT2D eigenvalue weighted by atomic mass is 35.5. The van der Waals surface area contributed by atoms with Gasteiger partial charge in [-0.3, -0.25) is 0 Å². The van der Waals surface area contributed by atoms with Crippen LogP contribution >= 0.6 is 34.9 Å². The zero-order valence-electron chi connectivity index (χ0n) is 5.91. The molecule has 0 spiro atoms. The largest absolute Gasteiger partial charge is 0.384 e. The summed E-state index contributed by atoms with van der Waals surface area (Å²) in [5, 5.41) is 0.733. The van der Waals surface area contributed by atoms with Crippen LogP contribution in [0.3, 0.4) is 0 Å². The SMILES string of the molecule is COCCSc1nsc(Cl)n1. The van der Waals surface area contributed by atoms with Crippen molar-refractivity contribution >= 4 is 34.9 Å². The highest BCUT2D eigenvalue weighted by molar-refractivity contribution is 7.99. The summed E-state index contributed by atoms with van der Waals surface area (Å²) in [5.41, 5.74) is 0. The van der Waals surface area contributed by atoms with Crippen LogP contribution in [0.15, 0.2) is 5.16 Å². The molecule has 3 nitrogen and oxygen atoms in total. The second-order valence-corrected chi connectivity index (χ2v) is 4.07. The van der Waals surface area contributed by atoms with Crippen LogP contribution in [-0.2, 0) is 4.74 Å². The Kier molecular flexibility index (Phi) is 4.14. The van der Waals surface area contributed by atoms with Crippen molar-refractivity contribution in [1.82, 2.24) is 9.36 Å². The number of thioether (sulfide) groups is 1. The lowest BCUT2D eigenvalue weighted by molar-refractivity contribution is 0.218. The van der Waals surface area contributed by atoms with Gasteiger partial charge in [0, 0.05) is 12.9 Å². The molecule has 0 radical (unpaired) electrons. The molecule has 1 aromatic heterocycles. The molecule has 0 aromatic carbocycles. The molecule has 0 saturated heterocycles. The minimum absolute atomic E-state index is 0.491. The smallest absolute Gasteiger partial charge is 0.204 e. The Morgan fingerprint density at radius 2 is 2.55 bits per heavy atom. The van der Waals surface area contributed by atoms with E-state index >= 15 is 0 Å². The van der Waals surface area contributed by atoms with Gasteiger partial charge in [-0.25, -0.2) is 0 Å². The molecule has 1 heterocycles. The summed E-state index contributed by atoms with van der Waals surface area (Å²) < 4.78 is 9.35. The molecule has 0 saturated carbocycles. The van der Waals surface area contributed by atoms with E-state index in [9.17, 15) is 0 Å². The van der Waals surface area contributed by atoms with E-state index in [0.29, 0.717) is 11.1 Å². The zero-order chi connectivity index (χ0) is 8.10. The van der Waals surface area contributed by atoms with Gasteiger partial charge in [0.05, 0.1) is 6.61 Å². The summed E-state index contributed by atoms with van der Waals surface area (Å²) in [6.07, 6.45) is 0. The van der Waals surface area contributed by atoms with Gasteiger partial charge in [-0.2, -0.15) is 9.36 Å². The molecule has 62 valence electrons. The second-order valence-electron chi connectivity index (χ2n) is 1.67. The first-order chi connectivity index (χ1) is 5.33. The molecular weight excluding hydrogens is 204 g/mol. The lowest BCUT2D eigenvalue weighted by Gasteiger charge is -1.93. The van der Waals surface area contributed by atoms with E-state index in [2.05, 4.69) is 9.36 Å². The van der Waals surface area contributed by atoms with Crippen molar-refractivity contribution in [2.45, 2.75) is 5.16 Å². The molecule has 0 amide bonds. The first kappa shape index (κ1) is 9.25. The fraction of sp³-hybridized carbons (Fsp3) is 0.600. The summed E-state index contributed by atoms with van der Waals surface area (Å²) in [6, 6.07) is 0. The van der Waals surface area contributed by atoms with E-state index in [1.54, 1.807) is 18.9 Å². The molecular formula is C5H7ClN2OS2. The Labute approximate surface area is 78.3 Å². The van der Waals surface area contributed by atoms with E-state index in [1.807, 2.05) is 0 Å². The van der Waals surface area contributed by atoms with Gasteiger partial charge >= 0.3 is 0 Å². The molecule has 0 fully saturated rings. The summed E-state index contributed by atoms with van der Waals surface area (Å²) in [6.45, 7) is 0.710. The average Bonchev–Trinajstić information content (AvgIpc) is 2.37. The Morgan fingerprint density at radius 1 is 1.73 bits per heavy atom. The predicted octanol–water partition coefficient (Wildman–Crippen LogP) is 1.93. The molecule has 0 bridgehead atoms. The van der Waals surface area contributed by atoms with Gasteiger partial charge in [-0.05, 0) is 23.1 Å². The molecule has 6 heteroatoms. The first-order valence-corrected chi connectivity index (χ1v) is 5.07. The number of hydrogen-bond donors (Lipinski definition) is 0. The molecule has 1 rings (SSSR count). The number of halogens is 1. The van der Waals surface area contributed by atoms with Crippen LogP contribution in [0.5, 0.6) is 0 Å². The fourth-order valence-electron chi connectivity index (χ4n) is 0.468. The summed E-state index contributed by atoms with van der Waals surface area (Å²) in [4.78, 5) is 3.96. The van der Waals surface area contributed by atoms with Crippen LogP contribution in [-0.4, -0.2) is 28.8 Å². The van der Waals surface area contributed by atoms with Gasteiger partial charge in [0.1, 0.15) is 0 Å². The number of rotatable bonds is 4. The topological polar surface area (TPSA) is 35.0 Å². The number of nitrogens with zero attached hydrogens (tertiary/aromatic N) is 2. The number of hydrogen-bond acceptors (Lipinski definition) is 5. The minimum atomic E-state index is 0.491. The van der Waals surface area contributed by atoms with Crippen molar-refractivity contribution in [2.75, 3.05) is 19.5 Å². The minimum Gasteiger partial charge on any atom is -0.384 e. The maximum Gasteiger partial charge on any atom is 0.204 e. The van der Waals surface area contributed by atoms with E-state index in [1.165, 1.54) is 11.5 Å². The van der Waals surface area contributed by atoms with Crippen molar-refractivity contribution in [2.24, 2.45) is 0 Å². The fourth-order valence-corrected chi connectivity index (χ4v) is 1.99. The summed E-state index contributed by atoms with van der Waals surface area (Å²) in [7, 11) is 1.67. The Balaban J connectivity index is 2.27. The summed E-state index contributed by atoms with van der Waals surface area (Å²) in [5.74, 6) is 0.865. The third kappa shape index (κ3) is 3.37. The van der Waals surface area contributed by atoms with Crippen LogP contribution in [0.25, 0.3) is 0 Å². The standard InChI is InChI=1S/C5H7ClN2OS2/c1-9-2-3-10-5-7-4(6)11-8-5/h2-3H2,1H3. The van der Waals surface area contributed by atoms with Gasteiger partial charge in [0.15, 0.2) is 0 Å². The number of methoxy groups -OCH3 is 1. The lowest BCUT2D eigenvalue weighted by atomic mass is 10.9. The van der Waals surface area contributed by atoms with Crippen molar-refractivity contribution < 1.29 is 4.74 Å². The molecule has 0 N–H and O–H groups in total. The van der Waals surface area contributed by atoms with Gasteiger partial charge < -0.3 is 4.74 Å². The highest BCUT2D eigenvalue weighted by Crippen LogP contribution is 2.19. The molecule has 11 heavy (non-hydrogen) atoms. The van der Waals surface area contributed by atoms with Gasteiger partial charge in [0.25, 0.3) is 0 Å². The molecule has 0 aliphatic heterocycles. The summed E-state index contributed by atoms with van der Waals surface area (Å²) >= 11 is 8.32.